The van der Waals surface area contributed by atoms with Crippen molar-refractivity contribution in [1.82, 2.24) is 72.0 Å². The molecule has 0 saturated carbocycles. The number of rotatable bonds is 21. The molecule has 0 bridgehead atoms. The molecule has 6 aromatic rings. The minimum atomic E-state index is -2.05. The number of carboxylic acid groups (broad SMARTS) is 2. The lowest BCUT2D eigenvalue weighted by Gasteiger charge is -2.38. The third-order valence-corrected chi connectivity index (χ3v) is 24.6. The van der Waals surface area contributed by atoms with Crippen molar-refractivity contribution in [3.63, 3.8) is 0 Å². The van der Waals surface area contributed by atoms with Crippen LogP contribution in [0.1, 0.15) is 140 Å². The van der Waals surface area contributed by atoms with Crippen LogP contribution in [0.2, 0.25) is 0 Å². The van der Waals surface area contributed by atoms with Crippen molar-refractivity contribution in [3.05, 3.63) is 173 Å². The summed E-state index contributed by atoms with van der Waals surface area (Å²) in [6, 6.07) is 6.43. The molecule has 33 nitrogen and oxygen atoms in total. The smallest absolute Gasteiger partial charge is 0.305 e. The summed E-state index contributed by atoms with van der Waals surface area (Å²) in [7, 11) is 3.58. The summed E-state index contributed by atoms with van der Waals surface area (Å²) < 4.78 is 59.5. The number of H-pyrrole nitrogens is 1. The highest BCUT2D eigenvalue weighted by molar-refractivity contribution is 8.00. The van der Waals surface area contributed by atoms with Gasteiger partial charge in [0.1, 0.15) is 84.1 Å². The van der Waals surface area contributed by atoms with Gasteiger partial charge in [-0.1, -0.05) is 120 Å². The van der Waals surface area contributed by atoms with E-state index in [9.17, 15) is 58.0 Å². The van der Waals surface area contributed by atoms with Gasteiger partial charge in [-0.25, -0.2) is 17.6 Å². The van der Waals surface area contributed by atoms with Crippen LogP contribution in [0.3, 0.4) is 0 Å². The van der Waals surface area contributed by atoms with Crippen molar-refractivity contribution in [2.45, 2.75) is 229 Å². The maximum atomic E-state index is 15.6. The van der Waals surface area contributed by atoms with Crippen LogP contribution in [0.4, 0.5) is 17.6 Å². The van der Waals surface area contributed by atoms with Crippen LogP contribution in [0.15, 0.2) is 121 Å². The second kappa shape index (κ2) is 47.2. The minimum absolute atomic E-state index is 0.0141. The van der Waals surface area contributed by atoms with E-state index in [1.54, 1.807) is 88.5 Å². The van der Waals surface area contributed by atoms with Gasteiger partial charge < -0.3 is 92.4 Å². The number of hydrogen-bond donors (Lipinski definition) is 13. The third kappa shape index (κ3) is 27.8. The van der Waals surface area contributed by atoms with Crippen molar-refractivity contribution in [2.24, 2.45) is 11.8 Å². The maximum absolute atomic E-state index is 15.6. The van der Waals surface area contributed by atoms with Crippen LogP contribution >= 0.6 is 11.8 Å². The Hall–Kier alpha value is -12.5. The lowest BCUT2D eigenvalue weighted by atomic mass is 9.97. The predicted molar refractivity (Wildman–Crippen MR) is 471 cm³/mol. The van der Waals surface area contributed by atoms with E-state index in [4.69, 9.17) is 0 Å². The molecule has 0 spiro atoms. The Labute approximate surface area is 754 Å². The summed E-state index contributed by atoms with van der Waals surface area (Å²) in [5, 5.41) is 64.4. The number of aromatic nitrogens is 1. The number of phenolic OH excluding ortho intramolecular Hbond substituents is 1. The lowest BCUT2D eigenvalue weighted by Crippen LogP contribution is -2.63. The zero-order chi connectivity index (χ0) is 95.1. The summed E-state index contributed by atoms with van der Waals surface area (Å²) >= 11 is 0.938. The van der Waals surface area contributed by atoms with E-state index in [0.717, 1.165) is 50.5 Å². The number of phenols is 1. The average molecular weight is 1830 g/mol. The minimum Gasteiger partial charge on any atom is -0.508 e. The molecule has 3 saturated heterocycles. The summed E-state index contributed by atoms with van der Waals surface area (Å²) in [5.41, 5.74) is 1.93. The van der Waals surface area contributed by atoms with Crippen molar-refractivity contribution in [2.75, 3.05) is 45.7 Å². The molecule has 0 unspecified atom stereocenters. The van der Waals surface area contributed by atoms with Crippen molar-refractivity contribution in [1.29, 1.82) is 0 Å². The van der Waals surface area contributed by atoms with E-state index in [-0.39, 0.29) is 80.0 Å². The van der Waals surface area contributed by atoms with E-state index >= 15 is 51.9 Å². The van der Waals surface area contributed by atoms with Gasteiger partial charge in [-0.05, 0) is 128 Å². The molecule has 0 aliphatic carbocycles. The first-order valence-electron chi connectivity index (χ1n) is 43.5. The molecule has 702 valence electrons. The number of piperidine rings is 1. The second-order valence-corrected chi connectivity index (χ2v) is 35.3. The van der Waals surface area contributed by atoms with Crippen LogP contribution in [-0.2, 0) is 104 Å². The Balaban J connectivity index is 1.12. The first-order chi connectivity index (χ1) is 61.7. The number of likely N-dealkylation sites (N-methyl/N-ethyl adjacent to an activating group) is 3. The Morgan fingerprint density at radius 2 is 1.07 bits per heavy atom. The number of benzene rings is 5. The number of carbonyl (C=O) groups excluding carboxylic acids is 13. The third-order valence-electron chi connectivity index (χ3n) is 23.4. The lowest BCUT2D eigenvalue weighted by molar-refractivity contribution is -0.152. The van der Waals surface area contributed by atoms with Crippen molar-refractivity contribution in [3.8, 4) is 5.75 Å². The molecular weight excluding hydrogens is 1710 g/mol. The van der Waals surface area contributed by atoms with Gasteiger partial charge in [0.25, 0.3) is 0 Å². The van der Waals surface area contributed by atoms with Crippen molar-refractivity contribution < 1.29 is 110 Å². The number of halogens is 4. The molecule has 13 amide bonds. The Morgan fingerprint density at radius 1 is 0.515 bits per heavy atom. The summed E-state index contributed by atoms with van der Waals surface area (Å²) in [4.78, 5) is 231. The number of unbranched alkanes of at least 4 members (excludes halogenated alkanes) is 1. The zero-order valence-corrected chi connectivity index (χ0v) is 74.8. The van der Waals surface area contributed by atoms with Crippen LogP contribution < -0.4 is 42.5 Å². The highest BCUT2D eigenvalue weighted by Gasteiger charge is 2.47. The standard InChI is InChI=1S/C92H116F4N14O19S/c1-10-11-23-72-91(128)110-47-60(112)44-74(110)87(124)104-69(45-78(116)117)84(121)105-80(51(4)5)92(129)107(8)73(41-53-19-13-12-14-20-53)86(123)100-65(33-34-77(114)115)89(126)109-35-18-17-24-71(109)85(122)103-68(43-57-46-97-64-22-16-15-21-61(57)64)83(120)102-67(39-54-27-31-59(111)32-28-54)82(119)101-66(36-50(2)3)81(118)98-52(6)48-130-49-76(113)99-70(40-56-37-62(94)79(96)63(95)38-56)88(125)108(9)75(90(127)106(72)7)42-55-25-29-58(93)30-26-55/h12-16,19-22,25-32,37-38,46,50-52,60,65-75,80,97,111-112H,10-11,17-18,23-24,33-36,39-45,47-49H2,1-9H3,(H,98,118)(H,99,113)(H,100,123)(H,101,119)(H,102,120)(H,103,122)(H,104,124)(H,105,121)(H,114,115)(H,116,117)/t52-,60+,65+,66+,67+,68+,69+,70+,71-,72+,73+,74-,75+,80+/m1/s1. The molecule has 3 fully saturated rings. The Bertz CT molecular complexity index is 5030. The van der Waals surface area contributed by atoms with Gasteiger partial charge in [0, 0.05) is 108 Å². The monoisotopic (exact) mass is 1830 g/mol. The largest absolute Gasteiger partial charge is 0.508 e. The fourth-order valence-electron chi connectivity index (χ4n) is 16.3. The topological polar surface area (TPSA) is 465 Å². The number of carboxylic acids is 2. The van der Waals surface area contributed by atoms with E-state index in [2.05, 4.69) is 47.5 Å². The van der Waals surface area contributed by atoms with Gasteiger partial charge in [0.2, 0.25) is 76.8 Å². The Kier molecular flexibility index (Phi) is 36.8. The number of aliphatic carboxylic acids is 2. The SMILES string of the molecule is CCCC[C@H]1C(=O)N2C[C@@H](O)C[C@@H]2C(=O)N[C@@H](CC(=O)O)C(=O)N[C@@H](C(C)C)C(=O)N(C)[C@@H](Cc2ccccc2)C(=O)N[C@@H](CCC(=O)O)C(=O)N2CCCC[C@@H]2C(=O)N[C@@H](Cc2c[nH]c3ccccc23)C(=O)N[C@@H](Cc2ccc(O)cc2)C(=O)N[C@@H](CC(C)C)C(=O)N[C@H](C)CSCC(=O)N[C@@H](Cc2cc(F)c(F)c(F)c2)C(=O)N(C)[C@@H](Cc2ccc(F)cc2)C(=O)N1C. The molecular formula is C92H116F4N14O19S. The molecule has 1 aromatic heterocycles. The molecule has 14 atom stereocenters. The number of aliphatic hydroxyl groups excluding tert-OH is 1. The van der Waals surface area contributed by atoms with Crippen LogP contribution in [0.25, 0.3) is 10.9 Å². The van der Waals surface area contributed by atoms with Gasteiger partial charge in [0.05, 0.1) is 18.3 Å². The van der Waals surface area contributed by atoms with Crippen LogP contribution in [0, 0.1) is 35.1 Å². The number of amides is 13. The number of aliphatic hydroxyl groups is 1. The molecule has 4 heterocycles. The number of hydrogen-bond acceptors (Lipinski definition) is 18. The van der Waals surface area contributed by atoms with Gasteiger partial charge in [-0.2, -0.15) is 0 Å². The average Bonchev–Trinajstić information content (AvgIpc) is 1.58. The molecule has 38 heteroatoms. The summed E-state index contributed by atoms with van der Waals surface area (Å²) in [6.07, 6.45) is -3.66. The molecule has 3 aliphatic heterocycles. The predicted octanol–water partition coefficient (Wildman–Crippen LogP) is 4.64. The number of thioether (sulfide) groups is 1. The van der Waals surface area contributed by atoms with Gasteiger partial charge in [-0.3, -0.25) is 71.9 Å². The maximum Gasteiger partial charge on any atom is 0.305 e. The van der Waals surface area contributed by atoms with Gasteiger partial charge in [0.15, 0.2) is 17.5 Å². The normalized spacial score (nSPS) is 24.6. The molecule has 9 rings (SSSR count). The molecule has 3 aliphatic rings. The fraction of sp³-hybridized carbons (Fsp3) is 0.489. The van der Waals surface area contributed by atoms with Crippen LogP contribution in [-0.4, -0.2) is 269 Å². The highest BCUT2D eigenvalue weighted by atomic mass is 32.2. The van der Waals surface area contributed by atoms with Gasteiger partial charge >= 0.3 is 11.9 Å². The molecule has 130 heavy (non-hydrogen) atoms. The molecule has 0 radical (unpaired) electrons. The van der Waals surface area contributed by atoms with E-state index in [0.29, 0.717) is 59.0 Å². The number of carbonyl (C=O) groups is 15. The van der Waals surface area contributed by atoms with E-state index in [1.807, 2.05) is 0 Å². The first kappa shape index (κ1) is 101. The summed E-state index contributed by atoms with van der Waals surface area (Å²) in [5.74, 6) is -23.4. The number of nitrogens with zero attached hydrogens (tertiary/aromatic N) is 5. The zero-order valence-electron chi connectivity index (χ0n) is 74.0. The number of aromatic hydroxyl groups is 1. The van der Waals surface area contributed by atoms with Gasteiger partial charge in [-0.15, -0.1) is 11.8 Å². The molecule has 13 N–H and O–H groups in total. The number of aromatic amines is 1. The Morgan fingerprint density at radius 3 is 1.72 bits per heavy atom. The number of fused-ring (bicyclic) bond motifs is 3. The number of nitrogens with one attached hydrogen (secondary N) is 9. The second-order valence-electron chi connectivity index (χ2n) is 34.2. The quantitative estimate of drug-likeness (QED) is 0.0345. The van der Waals surface area contributed by atoms with E-state index < -0.39 is 253 Å². The first-order valence-corrected chi connectivity index (χ1v) is 44.6. The van der Waals surface area contributed by atoms with Crippen molar-refractivity contribution >= 4 is 111 Å². The fourth-order valence-corrected chi connectivity index (χ4v) is 17.2. The summed E-state index contributed by atoms with van der Waals surface area (Å²) in [6.45, 7) is 9.22. The highest BCUT2D eigenvalue weighted by Crippen LogP contribution is 2.29. The van der Waals surface area contributed by atoms with E-state index in [1.165, 1.54) is 69.2 Å². The van der Waals surface area contributed by atoms with Crippen LogP contribution in [0.5, 0.6) is 5.75 Å². The molecule has 5 aromatic carbocycles. The number of para-hydroxylation sites is 1.